The zero-order valence-electron chi connectivity index (χ0n) is 15.2. The van der Waals surface area contributed by atoms with Gasteiger partial charge in [0.05, 0.1) is 6.10 Å². The summed E-state index contributed by atoms with van der Waals surface area (Å²) in [7, 11) is 0. The quantitative estimate of drug-likeness (QED) is 0.756. The number of aliphatic hydroxyl groups excluding tert-OH is 1. The van der Waals surface area contributed by atoms with Gasteiger partial charge in [0, 0.05) is 31.2 Å². The molecule has 1 aromatic rings. The van der Waals surface area contributed by atoms with Gasteiger partial charge in [-0.2, -0.15) is 0 Å². The Kier molecular flexibility index (Phi) is 6.50. The number of aliphatic hydroxyl groups is 1. The predicted molar refractivity (Wildman–Crippen MR) is 101 cm³/mol. The highest BCUT2D eigenvalue weighted by Gasteiger charge is 2.21. The lowest BCUT2D eigenvalue weighted by Crippen LogP contribution is -2.40. The minimum Gasteiger partial charge on any atom is -0.393 e. The zero-order valence-corrected chi connectivity index (χ0v) is 15.2. The lowest BCUT2D eigenvalue weighted by Gasteiger charge is -2.26. The number of nitrogens with one attached hydrogen (secondary N) is 2. The fourth-order valence-corrected chi connectivity index (χ4v) is 3.70. The summed E-state index contributed by atoms with van der Waals surface area (Å²) in [4.78, 5) is 26.1. The molecule has 1 aliphatic carbocycles. The van der Waals surface area contributed by atoms with Crippen molar-refractivity contribution in [3.05, 3.63) is 29.8 Å². The topological polar surface area (TPSA) is 81.7 Å². The van der Waals surface area contributed by atoms with Crippen molar-refractivity contribution in [3.63, 3.8) is 0 Å². The van der Waals surface area contributed by atoms with Gasteiger partial charge in [0.2, 0.25) is 5.91 Å². The van der Waals surface area contributed by atoms with E-state index in [1.54, 1.807) is 0 Å². The normalized spacial score (nSPS) is 22.9. The van der Waals surface area contributed by atoms with Crippen LogP contribution in [0.25, 0.3) is 0 Å². The maximum absolute atomic E-state index is 12.1. The smallest absolute Gasteiger partial charge is 0.319 e. The van der Waals surface area contributed by atoms with Gasteiger partial charge in [-0.25, -0.2) is 4.79 Å². The molecule has 0 unspecified atom stereocenters. The Morgan fingerprint density at radius 3 is 2.35 bits per heavy atom. The summed E-state index contributed by atoms with van der Waals surface area (Å²) in [6, 6.07) is 7.60. The number of rotatable bonds is 5. The van der Waals surface area contributed by atoms with Crippen LogP contribution in [0.5, 0.6) is 0 Å². The van der Waals surface area contributed by atoms with Gasteiger partial charge in [0.25, 0.3) is 0 Å². The van der Waals surface area contributed by atoms with Crippen molar-refractivity contribution in [2.45, 2.75) is 63.5 Å². The first-order chi connectivity index (χ1) is 12.6. The minimum absolute atomic E-state index is 0.134. The summed E-state index contributed by atoms with van der Waals surface area (Å²) in [6.45, 7) is 1.80. The molecule has 1 saturated carbocycles. The second kappa shape index (κ2) is 9.03. The van der Waals surface area contributed by atoms with Gasteiger partial charge in [-0.15, -0.1) is 0 Å². The number of likely N-dealkylation sites (tertiary alicyclic amines) is 1. The lowest BCUT2D eigenvalue weighted by atomic mass is 9.93. The van der Waals surface area contributed by atoms with Crippen molar-refractivity contribution in [1.29, 1.82) is 0 Å². The molecule has 0 radical (unpaired) electrons. The van der Waals surface area contributed by atoms with Crippen LogP contribution in [0.15, 0.2) is 24.3 Å². The predicted octanol–water partition coefficient (Wildman–Crippen LogP) is 2.67. The summed E-state index contributed by atoms with van der Waals surface area (Å²) in [5, 5.41) is 15.3. The number of nitrogens with zero attached hydrogens (tertiary/aromatic N) is 1. The Bertz CT molecular complexity index is 603. The zero-order chi connectivity index (χ0) is 18.4. The minimum atomic E-state index is -0.221. The van der Waals surface area contributed by atoms with Gasteiger partial charge >= 0.3 is 6.03 Å². The lowest BCUT2D eigenvalue weighted by molar-refractivity contribution is -0.130. The molecule has 3 amide bonds. The molecule has 2 fully saturated rings. The van der Waals surface area contributed by atoms with Crippen LogP contribution in [0.2, 0.25) is 0 Å². The Hall–Kier alpha value is -2.08. The van der Waals surface area contributed by atoms with E-state index in [2.05, 4.69) is 10.6 Å². The SMILES string of the molecule is O=C(Nc1ccc(CCC(=O)N2CCCC2)cc1)NC1CCC(O)CC1. The van der Waals surface area contributed by atoms with Crippen LogP contribution in [-0.2, 0) is 11.2 Å². The maximum Gasteiger partial charge on any atom is 0.319 e. The van der Waals surface area contributed by atoms with E-state index in [0.29, 0.717) is 6.42 Å². The molecule has 0 spiro atoms. The first kappa shape index (κ1) is 18.7. The van der Waals surface area contributed by atoms with Gasteiger partial charge in [0.15, 0.2) is 0 Å². The van der Waals surface area contributed by atoms with E-state index in [9.17, 15) is 14.7 Å². The van der Waals surface area contributed by atoms with Gasteiger partial charge in [-0.05, 0) is 62.6 Å². The number of hydrogen-bond donors (Lipinski definition) is 3. The number of benzene rings is 1. The molecule has 6 nitrogen and oxygen atoms in total. The van der Waals surface area contributed by atoms with Gasteiger partial charge in [0.1, 0.15) is 0 Å². The molecular formula is C20H29N3O3. The van der Waals surface area contributed by atoms with Crippen molar-refractivity contribution in [3.8, 4) is 0 Å². The molecular weight excluding hydrogens is 330 g/mol. The first-order valence-electron chi connectivity index (χ1n) is 9.72. The summed E-state index contributed by atoms with van der Waals surface area (Å²) < 4.78 is 0. The summed E-state index contributed by atoms with van der Waals surface area (Å²) in [5.74, 6) is 0.238. The summed E-state index contributed by atoms with van der Waals surface area (Å²) in [6.07, 6.45) is 6.42. The standard InChI is InChI=1S/C20H29N3O3/c24-18-10-8-17(9-11-18)22-20(26)21-16-6-3-15(4-7-16)5-12-19(25)23-13-1-2-14-23/h3-4,6-7,17-18,24H,1-2,5,8-14H2,(H2,21,22,26). The number of aryl methyl sites for hydroxylation is 1. The first-order valence-corrected chi connectivity index (χ1v) is 9.72. The van der Waals surface area contributed by atoms with Crippen LogP contribution >= 0.6 is 0 Å². The Morgan fingerprint density at radius 2 is 1.69 bits per heavy atom. The van der Waals surface area contributed by atoms with Crippen LogP contribution in [0, 0.1) is 0 Å². The number of hydrogen-bond acceptors (Lipinski definition) is 3. The van der Waals surface area contributed by atoms with E-state index in [-0.39, 0.29) is 24.1 Å². The van der Waals surface area contributed by atoms with Gasteiger partial charge < -0.3 is 20.6 Å². The van der Waals surface area contributed by atoms with Crippen molar-refractivity contribution < 1.29 is 14.7 Å². The highest BCUT2D eigenvalue weighted by Crippen LogP contribution is 2.19. The highest BCUT2D eigenvalue weighted by atomic mass is 16.3. The highest BCUT2D eigenvalue weighted by molar-refractivity contribution is 5.89. The molecule has 1 heterocycles. The molecule has 1 saturated heterocycles. The molecule has 2 aliphatic rings. The third kappa shape index (κ3) is 5.46. The van der Waals surface area contributed by atoms with E-state index in [1.165, 1.54) is 0 Å². The van der Waals surface area contributed by atoms with Crippen LogP contribution in [-0.4, -0.2) is 47.2 Å². The van der Waals surface area contributed by atoms with E-state index in [1.807, 2.05) is 29.2 Å². The fourth-order valence-electron chi connectivity index (χ4n) is 3.70. The number of carbonyl (C=O) groups excluding carboxylic acids is 2. The third-order valence-corrected chi connectivity index (χ3v) is 5.33. The van der Waals surface area contributed by atoms with Gasteiger partial charge in [-0.3, -0.25) is 4.79 Å². The molecule has 1 aliphatic heterocycles. The number of amides is 3. The number of carbonyl (C=O) groups is 2. The third-order valence-electron chi connectivity index (χ3n) is 5.33. The Morgan fingerprint density at radius 1 is 1.04 bits per heavy atom. The molecule has 0 atom stereocenters. The van der Waals surface area contributed by atoms with Crippen molar-refractivity contribution in [2.24, 2.45) is 0 Å². The summed E-state index contributed by atoms with van der Waals surface area (Å²) in [5.41, 5.74) is 1.85. The molecule has 6 heteroatoms. The Labute approximate surface area is 155 Å². The monoisotopic (exact) mass is 359 g/mol. The molecule has 142 valence electrons. The van der Waals surface area contributed by atoms with E-state index >= 15 is 0 Å². The molecule has 1 aromatic carbocycles. The summed E-state index contributed by atoms with van der Waals surface area (Å²) >= 11 is 0. The second-order valence-electron chi connectivity index (χ2n) is 7.39. The van der Waals surface area contributed by atoms with Crippen LogP contribution in [0.3, 0.4) is 0 Å². The van der Waals surface area contributed by atoms with E-state index < -0.39 is 0 Å². The number of anilines is 1. The second-order valence-corrected chi connectivity index (χ2v) is 7.39. The average molecular weight is 359 g/mol. The van der Waals surface area contributed by atoms with Crippen molar-refractivity contribution in [2.75, 3.05) is 18.4 Å². The van der Waals surface area contributed by atoms with Crippen LogP contribution in [0.1, 0.15) is 50.5 Å². The molecule has 26 heavy (non-hydrogen) atoms. The van der Waals surface area contributed by atoms with Crippen LogP contribution in [0.4, 0.5) is 10.5 Å². The van der Waals surface area contributed by atoms with E-state index in [0.717, 1.165) is 69.3 Å². The fraction of sp³-hybridized carbons (Fsp3) is 0.600. The largest absolute Gasteiger partial charge is 0.393 e. The molecule has 0 aromatic heterocycles. The number of urea groups is 1. The van der Waals surface area contributed by atoms with Crippen molar-refractivity contribution in [1.82, 2.24) is 10.2 Å². The molecule has 0 bridgehead atoms. The van der Waals surface area contributed by atoms with Gasteiger partial charge in [-0.1, -0.05) is 12.1 Å². The molecule has 3 N–H and O–H groups in total. The maximum atomic E-state index is 12.1. The van der Waals surface area contributed by atoms with Crippen molar-refractivity contribution >= 4 is 17.6 Å². The van der Waals surface area contributed by atoms with E-state index in [4.69, 9.17) is 0 Å². The average Bonchev–Trinajstić information content (AvgIpc) is 3.17. The Balaban J connectivity index is 1.40. The molecule has 3 rings (SSSR count). The van der Waals surface area contributed by atoms with Crippen LogP contribution < -0.4 is 10.6 Å².